The van der Waals surface area contributed by atoms with Crippen LogP contribution in [0.1, 0.15) is 47.6 Å². The molecule has 26 heavy (non-hydrogen) atoms. The van der Waals surface area contributed by atoms with Crippen molar-refractivity contribution in [2.75, 3.05) is 25.0 Å². The lowest BCUT2D eigenvalue weighted by atomic mass is 9.99. The molecule has 3 rings (SSSR count). The summed E-state index contributed by atoms with van der Waals surface area (Å²) in [5, 5.41) is 3.59. The van der Waals surface area contributed by atoms with Crippen molar-refractivity contribution in [2.24, 2.45) is 5.92 Å². The van der Waals surface area contributed by atoms with E-state index in [4.69, 9.17) is 4.74 Å². The molecule has 1 amide bonds. The first kappa shape index (κ1) is 18.9. The Labute approximate surface area is 159 Å². The van der Waals surface area contributed by atoms with E-state index >= 15 is 0 Å². The number of nitrogens with zero attached hydrogens (tertiary/aromatic N) is 2. The van der Waals surface area contributed by atoms with Crippen molar-refractivity contribution in [3.8, 4) is 5.75 Å². The van der Waals surface area contributed by atoms with E-state index in [0.717, 1.165) is 37.0 Å². The molecule has 0 radical (unpaired) electrons. The summed E-state index contributed by atoms with van der Waals surface area (Å²) in [5.41, 5.74) is 1.61. The smallest absolute Gasteiger partial charge is 0.257 e. The quantitative estimate of drug-likeness (QED) is 0.819. The number of anilines is 1. The molecule has 6 heteroatoms. The number of carbonyl (C=O) groups excluding carboxylic acids is 1. The first-order chi connectivity index (χ1) is 12.5. The van der Waals surface area contributed by atoms with Gasteiger partial charge in [0.2, 0.25) is 0 Å². The second-order valence-corrected chi connectivity index (χ2v) is 7.98. The second-order valence-electron chi connectivity index (χ2n) is 6.90. The van der Waals surface area contributed by atoms with Crippen LogP contribution in [0.25, 0.3) is 0 Å². The average molecular weight is 374 g/mol. The van der Waals surface area contributed by atoms with Crippen molar-refractivity contribution < 1.29 is 9.53 Å². The molecule has 1 N–H and O–H groups in total. The first-order valence-corrected chi connectivity index (χ1v) is 10.1. The maximum Gasteiger partial charge on any atom is 0.257 e. The molecule has 1 aliphatic rings. The number of thiazole rings is 1. The number of benzene rings is 1. The third kappa shape index (κ3) is 4.83. The minimum Gasteiger partial charge on any atom is -0.494 e. The molecule has 0 bridgehead atoms. The van der Waals surface area contributed by atoms with Gasteiger partial charge in [-0.3, -0.25) is 15.0 Å². The van der Waals surface area contributed by atoms with Gasteiger partial charge in [0, 0.05) is 17.0 Å². The lowest BCUT2D eigenvalue weighted by Crippen LogP contribution is -2.32. The maximum absolute atomic E-state index is 12.4. The van der Waals surface area contributed by atoms with Gasteiger partial charge < -0.3 is 4.74 Å². The lowest BCUT2D eigenvalue weighted by Gasteiger charge is -2.29. The molecule has 0 saturated carbocycles. The van der Waals surface area contributed by atoms with Gasteiger partial charge in [0.05, 0.1) is 12.3 Å². The first-order valence-electron chi connectivity index (χ1n) is 9.28. The topological polar surface area (TPSA) is 54.5 Å². The zero-order valence-electron chi connectivity index (χ0n) is 15.7. The summed E-state index contributed by atoms with van der Waals surface area (Å²) in [6.07, 6.45) is 2.53. The highest BCUT2D eigenvalue weighted by Crippen LogP contribution is 2.26. The van der Waals surface area contributed by atoms with Crippen LogP contribution in [0.4, 0.5) is 5.13 Å². The number of piperidine rings is 1. The van der Waals surface area contributed by atoms with Crippen LogP contribution in [0, 0.1) is 12.8 Å². The fraction of sp³-hybridized carbons (Fsp3) is 0.500. The highest BCUT2D eigenvalue weighted by molar-refractivity contribution is 7.15. The van der Waals surface area contributed by atoms with E-state index in [2.05, 4.69) is 22.1 Å². The Balaban J connectivity index is 1.60. The number of hydrogen-bond acceptors (Lipinski definition) is 5. The van der Waals surface area contributed by atoms with Gasteiger partial charge >= 0.3 is 0 Å². The number of carbonyl (C=O) groups is 1. The largest absolute Gasteiger partial charge is 0.494 e. The van der Waals surface area contributed by atoms with Crippen LogP contribution in [0.15, 0.2) is 24.3 Å². The standard InChI is InChI=1S/C20H27N3O2S/c1-4-25-17-7-5-16(6-8-17)19(24)22-20-21-15(3)18(26-20)13-23-11-9-14(2)10-12-23/h5-8,14H,4,9-13H2,1-3H3,(H,21,22,24). The molecule has 1 saturated heterocycles. The fourth-order valence-corrected chi connectivity index (χ4v) is 4.09. The van der Waals surface area contributed by atoms with Crippen molar-refractivity contribution in [3.05, 3.63) is 40.4 Å². The SMILES string of the molecule is CCOc1ccc(C(=O)Nc2nc(C)c(CN3CCC(C)CC3)s2)cc1. The molecule has 2 aromatic rings. The van der Waals surface area contributed by atoms with Crippen molar-refractivity contribution in [3.63, 3.8) is 0 Å². The van der Waals surface area contributed by atoms with Crippen molar-refractivity contribution >= 4 is 22.4 Å². The Morgan fingerprint density at radius 1 is 1.31 bits per heavy atom. The van der Waals surface area contributed by atoms with Gasteiger partial charge in [-0.15, -0.1) is 11.3 Å². The van der Waals surface area contributed by atoms with Crippen molar-refractivity contribution in [2.45, 2.75) is 40.2 Å². The van der Waals surface area contributed by atoms with E-state index in [1.165, 1.54) is 17.7 Å². The second kappa shape index (κ2) is 8.64. The normalized spacial score (nSPS) is 15.8. The number of rotatable bonds is 6. The van der Waals surface area contributed by atoms with Crippen molar-refractivity contribution in [1.82, 2.24) is 9.88 Å². The number of amides is 1. The van der Waals surface area contributed by atoms with Crippen LogP contribution in [-0.4, -0.2) is 35.5 Å². The number of aryl methyl sites for hydroxylation is 1. The molecule has 0 aliphatic carbocycles. The average Bonchev–Trinajstić information content (AvgIpc) is 2.97. The molecule has 1 aromatic carbocycles. The van der Waals surface area contributed by atoms with Crippen LogP contribution in [0.3, 0.4) is 0 Å². The highest BCUT2D eigenvalue weighted by Gasteiger charge is 2.19. The van der Waals surface area contributed by atoms with E-state index in [-0.39, 0.29) is 5.91 Å². The zero-order valence-corrected chi connectivity index (χ0v) is 16.6. The van der Waals surface area contributed by atoms with E-state index < -0.39 is 0 Å². The van der Waals surface area contributed by atoms with Gasteiger partial charge in [-0.2, -0.15) is 0 Å². The van der Waals surface area contributed by atoms with Crippen LogP contribution in [-0.2, 0) is 6.54 Å². The molecule has 1 aliphatic heterocycles. The molecule has 0 atom stereocenters. The fourth-order valence-electron chi connectivity index (χ4n) is 3.09. The molecule has 2 heterocycles. The third-order valence-electron chi connectivity index (χ3n) is 4.78. The van der Waals surface area contributed by atoms with Crippen LogP contribution >= 0.6 is 11.3 Å². The minimum atomic E-state index is -0.139. The summed E-state index contributed by atoms with van der Waals surface area (Å²) in [6.45, 7) is 10.1. The van der Waals surface area contributed by atoms with Crippen molar-refractivity contribution in [1.29, 1.82) is 0 Å². The van der Waals surface area contributed by atoms with Crippen LogP contribution in [0.2, 0.25) is 0 Å². The molecular weight excluding hydrogens is 346 g/mol. The Morgan fingerprint density at radius 2 is 2.00 bits per heavy atom. The monoisotopic (exact) mass is 373 g/mol. The van der Waals surface area contributed by atoms with Gasteiger partial charge in [-0.1, -0.05) is 6.92 Å². The predicted octanol–water partition coefficient (Wildman–Crippen LogP) is 4.33. The Kier molecular flexibility index (Phi) is 6.27. The summed E-state index contributed by atoms with van der Waals surface area (Å²) < 4.78 is 5.41. The molecule has 0 unspecified atom stereocenters. The molecule has 1 aromatic heterocycles. The summed E-state index contributed by atoms with van der Waals surface area (Å²) in [5.74, 6) is 1.46. The number of hydrogen-bond donors (Lipinski definition) is 1. The van der Waals surface area contributed by atoms with Gasteiger partial charge in [0.15, 0.2) is 5.13 Å². The van der Waals surface area contributed by atoms with Gasteiger partial charge in [0.25, 0.3) is 5.91 Å². The molecule has 140 valence electrons. The van der Waals surface area contributed by atoms with Crippen LogP contribution < -0.4 is 10.1 Å². The summed E-state index contributed by atoms with van der Waals surface area (Å²) >= 11 is 1.58. The molecule has 1 fully saturated rings. The predicted molar refractivity (Wildman–Crippen MR) is 106 cm³/mol. The number of nitrogens with one attached hydrogen (secondary N) is 1. The Hall–Kier alpha value is -1.92. The third-order valence-corrected chi connectivity index (χ3v) is 5.84. The number of aromatic nitrogens is 1. The number of ether oxygens (including phenoxy) is 1. The summed E-state index contributed by atoms with van der Waals surface area (Å²) in [4.78, 5) is 20.7. The van der Waals surface area contributed by atoms with Crippen LogP contribution in [0.5, 0.6) is 5.75 Å². The molecular formula is C20H27N3O2S. The van der Waals surface area contributed by atoms with E-state index in [1.54, 1.807) is 23.5 Å². The summed E-state index contributed by atoms with van der Waals surface area (Å²) in [7, 11) is 0. The van der Waals surface area contributed by atoms with Gasteiger partial charge in [-0.25, -0.2) is 4.98 Å². The maximum atomic E-state index is 12.4. The Morgan fingerprint density at radius 3 is 2.65 bits per heavy atom. The van der Waals surface area contributed by atoms with Gasteiger partial charge in [0.1, 0.15) is 5.75 Å². The minimum absolute atomic E-state index is 0.139. The lowest BCUT2D eigenvalue weighted by molar-refractivity contribution is 0.102. The van der Waals surface area contributed by atoms with E-state index in [1.807, 2.05) is 26.0 Å². The zero-order chi connectivity index (χ0) is 18.5. The molecule has 0 spiro atoms. The van der Waals surface area contributed by atoms with E-state index in [0.29, 0.717) is 17.3 Å². The highest BCUT2D eigenvalue weighted by atomic mass is 32.1. The molecule has 5 nitrogen and oxygen atoms in total. The Bertz CT molecular complexity index is 734. The summed E-state index contributed by atoms with van der Waals surface area (Å²) in [6, 6.07) is 7.18. The van der Waals surface area contributed by atoms with E-state index in [9.17, 15) is 4.79 Å². The van der Waals surface area contributed by atoms with Gasteiger partial charge in [-0.05, 0) is 70.0 Å². The number of likely N-dealkylation sites (tertiary alicyclic amines) is 1.